The number of aliphatic hydroxyl groups is 1. The van der Waals surface area contributed by atoms with Crippen LogP contribution >= 0.6 is 0 Å². The maximum absolute atomic E-state index is 13.7. The number of hydrogen-bond acceptors (Lipinski definition) is 8. The number of aliphatic hydroxyl groups excluding tert-OH is 1. The van der Waals surface area contributed by atoms with Gasteiger partial charge >= 0.3 is 0 Å². The van der Waals surface area contributed by atoms with Crippen molar-refractivity contribution in [2.75, 3.05) is 7.11 Å². The van der Waals surface area contributed by atoms with Gasteiger partial charge in [-0.25, -0.2) is 0 Å². The second-order valence-corrected chi connectivity index (χ2v) is 10.7. The van der Waals surface area contributed by atoms with Crippen LogP contribution in [-0.4, -0.2) is 44.5 Å². The molecule has 0 aliphatic carbocycles. The topological polar surface area (TPSA) is 137 Å². The van der Waals surface area contributed by atoms with E-state index in [4.69, 9.17) is 9.47 Å². The summed E-state index contributed by atoms with van der Waals surface area (Å²) in [4.78, 5) is 13.7. The highest BCUT2D eigenvalue weighted by Crippen LogP contribution is 2.52. The van der Waals surface area contributed by atoms with Crippen LogP contribution in [0.25, 0.3) is 6.08 Å². The highest BCUT2D eigenvalue weighted by atomic mass is 16.5. The number of benzene rings is 4. The molecule has 1 heterocycles. The van der Waals surface area contributed by atoms with Crippen molar-refractivity contribution < 1.29 is 39.8 Å². The SMILES string of the molecule is COc1cc(O)c2c(c1C(=O)C=Cc1ccc(O)cc1)OC(c1ccc(O)cc1)CC2CC(O)CCc1ccc(O)cc1. The van der Waals surface area contributed by atoms with Gasteiger partial charge in [0.25, 0.3) is 0 Å². The number of carbonyl (C=O) groups excluding carboxylic acids is 1. The molecule has 0 radical (unpaired) electrons. The zero-order chi connectivity index (χ0) is 30.5. The number of aromatic hydroxyl groups is 4. The minimum atomic E-state index is -0.722. The lowest BCUT2D eigenvalue weighted by Crippen LogP contribution is -2.24. The molecule has 0 aromatic heterocycles. The van der Waals surface area contributed by atoms with Crippen LogP contribution in [0.4, 0.5) is 0 Å². The van der Waals surface area contributed by atoms with E-state index in [0.717, 1.165) is 11.1 Å². The van der Waals surface area contributed by atoms with Crippen LogP contribution in [0.1, 0.15) is 63.9 Å². The van der Waals surface area contributed by atoms with Crippen LogP contribution in [0.15, 0.2) is 84.9 Å². The Kier molecular flexibility index (Phi) is 8.87. The summed E-state index contributed by atoms with van der Waals surface area (Å²) in [6.45, 7) is 0. The summed E-state index contributed by atoms with van der Waals surface area (Å²) in [5.74, 6) is -0.122. The number of fused-ring (bicyclic) bond motifs is 1. The van der Waals surface area contributed by atoms with Crippen molar-refractivity contribution in [1.82, 2.24) is 0 Å². The van der Waals surface area contributed by atoms with Crippen LogP contribution in [-0.2, 0) is 6.42 Å². The Morgan fingerprint density at radius 2 is 1.53 bits per heavy atom. The van der Waals surface area contributed by atoms with Crippen molar-refractivity contribution in [2.45, 2.75) is 43.8 Å². The van der Waals surface area contributed by atoms with Gasteiger partial charge in [0.2, 0.25) is 0 Å². The van der Waals surface area contributed by atoms with E-state index >= 15 is 0 Å². The summed E-state index contributed by atoms with van der Waals surface area (Å²) in [6.07, 6.45) is 3.53. The lowest BCUT2D eigenvalue weighted by Gasteiger charge is -2.35. The van der Waals surface area contributed by atoms with E-state index in [1.807, 2.05) is 12.1 Å². The quantitative estimate of drug-likeness (QED) is 0.107. The molecular formula is C35H34O8. The first-order valence-electron chi connectivity index (χ1n) is 14.1. The number of phenolic OH excluding ortho intramolecular Hbond substituents is 4. The van der Waals surface area contributed by atoms with Crippen molar-refractivity contribution in [2.24, 2.45) is 0 Å². The Balaban J connectivity index is 1.50. The van der Waals surface area contributed by atoms with Gasteiger partial charge in [-0.2, -0.15) is 0 Å². The normalized spacial score (nSPS) is 16.8. The molecule has 5 rings (SSSR count). The molecule has 0 spiro atoms. The summed E-state index contributed by atoms with van der Waals surface area (Å²) >= 11 is 0. The largest absolute Gasteiger partial charge is 0.508 e. The number of methoxy groups -OCH3 is 1. The highest BCUT2D eigenvalue weighted by Gasteiger charge is 2.37. The van der Waals surface area contributed by atoms with Crippen LogP contribution in [0.5, 0.6) is 34.5 Å². The van der Waals surface area contributed by atoms with Crippen LogP contribution < -0.4 is 9.47 Å². The molecule has 8 heteroatoms. The number of rotatable bonds is 10. The number of ether oxygens (including phenoxy) is 2. The molecule has 0 saturated heterocycles. The van der Waals surface area contributed by atoms with Gasteiger partial charge in [0, 0.05) is 11.6 Å². The lowest BCUT2D eigenvalue weighted by atomic mass is 9.81. The lowest BCUT2D eigenvalue weighted by molar-refractivity contribution is 0.100. The summed E-state index contributed by atoms with van der Waals surface area (Å²) in [5, 5.41) is 51.2. The number of phenols is 4. The third-order valence-corrected chi connectivity index (χ3v) is 7.74. The fraction of sp³-hybridized carbons (Fsp3) is 0.229. The monoisotopic (exact) mass is 582 g/mol. The van der Waals surface area contributed by atoms with Crippen LogP contribution in [0.3, 0.4) is 0 Å². The fourth-order valence-electron chi connectivity index (χ4n) is 5.50. The van der Waals surface area contributed by atoms with Crippen molar-refractivity contribution in [3.05, 3.63) is 113 Å². The Morgan fingerprint density at radius 1 is 0.930 bits per heavy atom. The van der Waals surface area contributed by atoms with Gasteiger partial charge in [-0.1, -0.05) is 42.5 Å². The predicted molar refractivity (Wildman–Crippen MR) is 162 cm³/mol. The fourth-order valence-corrected chi connectivity index (χ4v) is 5.50. The molecule has 3 unspecified atom stereocenters. The van der Waals surface area contributed by atoms with E-state index in [2.05, 4.69) is 0 Å². The number of ketones is 1. The molecule has 4 aromatic rings. The van der Waals surface area contributed by atoms with Gasteiger partial charge in [-0.15, -0.1) is 0 Å². The smallest absolute Gasteiger partial charge is 0.193 e. The van der Waals surface area contributed by atoms with Gasteiger partial charge in [0.1, 0.15) is 46.2 Å². The minimum absolute atomic E-state index is 0.0918. The van der Waals surface area contributed by atoms with E-state index in [1.165, 1.54) is 31.4 Å². The number of carbonyl (C=O) groups is 1. The number of hydrogen-bond donors (Lipinski definition) is 5. The van der Waals surface area contributed by atoms with Gasteiger partial charge in [0.05, 0.1) is 13.2 Å². The Labute approximate surface area is 249 Å². The molecule has 43 heavy (non-hydrogen) atoms. The predicted octanol–water partition coefficient (Wildman–Crippen LogP) is 6.40. The molecule has 1 aliphatic rings. The summed E-state index contributed by atoms with van der Waals surface area (Å²) in [5.41, 5.74) is 3.04. The summed E-state index contributed by atoms with van der Waals surface area (Å²) in [7, 11) is 1.41. The van der Waals surface area contributed by atoms with Crippen molar-refractivity contribution in [1.29, 1.82) is 0 Å². The van der Waals surface area contributed by atoms with Crippen LogP contribution in [0, 0.1) is 0 Å². The first kappa shape index (κ1) is 29.5. The molecule has 5 N–H and O–H groups in total. The van der Waals surface area contributed by atoms with E-state index in [1.54, 1.807) is 54.6 Å². The molecule has 0 bridgehead atoms. The zero-order valence-corrected chi connectivity index (χ0v) is 23.7. The van der Waals surface area contributed by atoms with Crippen LogP contribution in [0.2, 0.25) is 0 Å². The average molecular weight is 583 g/mol. The van der Waals surface area contributed by atoms with E-state index in [9.17, 15) is 30.3 Å². The maximum atomic E-state index is 13.7. The summed E-state index contributed by atoms with van der Waals surface area (Å²) < 4.78 is 12.0. The third kappa shape index (κ3) is 6.93. The molecule has 0 amide bonds. The van der Waals surface area contributed by atoms with Crippen molar-refractivity contribution in [3.8, 4) is 34.5 Å². The highest BCUT2D eigenvalue weighted by molar-refractivity contribution is 6.11. The third-order valence-electron chi connectivity index (χ3n) is 7.74. The number of allylic oxidation sites excluding steroid dienone is 1. The first-order chi connectivity index (χ1) is 20.7. The molecule has 8 nitrogen and oxygen atoms in total. The number of aryl methyl sites for hydroxylation is 1. The van der Waals surface area contributed by atoms with Crippen molar-refractivity contribution in [3.63, 3.8) is 0 Å². The first-order valence-corrected chi connectivity index (χ1v) is 14.1. The minimum Gasteiger partial charge on any atom is -0.508 e. The molecule has 0 saturated carbocycles. The van der Waals surface area contributed by atoms with Gasteiger partial charge in [-0.3, -0.25) is 4.79 Å². The second-order valence-electron chi connectivity index (χ2n) is 10.7. The average Bonchev–Trinajstić information content (AvgIpc) is 3.00. The van der Waals surface area contributed by atoms with Crippen molar-refractivity contribution >= 4 is 11.9 Å². The maximum Gasteiger partial charge on any atom is 0.193 e. The van der Waals surface area contributed by atoms with Gasteiger partial charge in [0.15, 0.2) is 5.78 Å². The molecule has 222 valence electrons. The Morgan fingerprint density at radius 3 is 2.16 bits per heavy atom. The molecule has 1 aliphatic heterocycles. The van der Waals surface area contributed by atoms with E-state index < -0.39 is 18.0 Å². The summed E-state index contributed by atoms with van der Waals surface area (Å²) in [6, 6.07) is 21.3. The molecule has 4 aromatic carbocycles. The molecule has 0 fully saturated rings. The zero-order valence-electron chi connectivity index (χ0n) is 23.7. The molecular weight excluding hydrogens is 548 g/mol. The van der Waals surface area contributed by atoms with Gasteiger partial charge in [-0.05, 0) is 90.8 Å². The Hall–Kier alpha value is -4.95. The second kappa shape index (κ2) is 12.9. The molecule has 3 atom stereocenters. The van der Waals surface area contributed by atoms with Gasteiger partial charge < -0.3 is 35.0 Å². The standard InChI is InChI=1S/C35H34O8/c1-42-32-20-30(41)33-24(18-28(39)14-6-21-2-10-25(36)11-3-21)19-31(23-8-15-27(38)16-9-23)43-35(33)34(32)29(40)17-7-22-4-12-26(37)13-5-22/h2-5,7-13,15-17,20,24,28,31,36-39,41H,6,14,18-19H2,1H3. The van der Waals surface area contributed by atoms with E-state index in [0.29, 0.717) is 36.8 Å². The van der Waals surface area contributed by atoms with E-state index in [-0.39, 0.29) is 46.0 Å². The Bertz CT molecular complexity index is 1590.